The number of fused-ring (bicyclic) bond motifs is 1. The molecule has 7 heteroatoms. The minimum Gasteiger partial charge on any atom is -0.476 e. The van der Waals surface area contributed by atoms with E-state index in [0.717, 1.165) is 17.4 Å². The molecule has 0 aliphatic carbocycles. The van der Waals surface area contributed by atoms with E-state index in [1.165, 1.54) is 4.31 Å². The summed E-state index contributed by atoms with van der Waals surface area (Å²) in [4.78, 5) is 12.8. The predicted octanol–water partition coefficient (Wildman–Crippen LogP) is 3.28. The molecule has 1 heterocycles. The fourth-order valence-corrected chi connectivity index (χ4v) is 4.05. The molecule has 2 aromatic carbocycles. The number of hydrogen-bond acceptors (Lipinski definition) is 4. The lowest BCUT2D eigenvalue weighted by Crippen LogP contribution is -2.48. The van der Waals surface area contributed by atoms with Crippen LogP contribution >= 0.6 is 0 Å². The fourth-order valence-electron chi connectivity index (χ4n) is 3.14. The van der Waals surface area contributed by atoms with Crippen LogP contribution in [0.1, 0.15) is 30.9 Å². The molecule has 6 nitrogen and oxygen atoms in total. The van der Waals surface area contributed by atoms with Gasteiger partial charge >= 0.3 is 0 Å². The van der Waals surface area contributed by atoms with Crippen molar-refractivity contribution in [2.45, 2.75) is 32.8 Å². The molecule has 1 aliphatic heterocycles. The van der Waals surface area contributed by atoms with Crippen LogP contribution in [0.5, 0.6) is 5.75 Å². The number of para-hydroxylation sites is 1. The highest BCUT2D eigenvalue weighted by molar-refractivity contribution is 7.92. The summed E-state index contributed by atoms with van der Waals surface area (Å²) < 4.78 is 31.6. The maximum absolute atomic E-state index is 12.8. The molecule has 0 bridgehead atoms. The minimum absolute atomic E-state index is 0.0645. The van der Waals surface area contributed by atoms with Crippen LogP contribution in [0.4, 0.5) is 11.4 Å². The number of aryl methyl sites for hydroxylation is 1. The highest BCUT2D eigenvalue weighted by atomic mass is 32.2. The second kappa shape index (κ2) is 7.23. The summed E-state index contributed by atoms with van der Waals surface area (Å²) in [5.74, 6) is 0.252. The number of benzene rings is 2. The summed E-state index contributed by atoms with van der Waals surface area (Å²) in [7, 11) is -3.54. The van der Waals surface area contributed by atoms with Gasteiger partial charge in [0.05, 0.1) is 18.5 Å². The monoisotopic (exact) mass is 388 g/mol. The van der Waals surface area contributed by atoms with E-state index in [1.54, 1.807) is 12.1 Å². The molecular formula is C20H24N2O4S. The van der Waals surface area contributed by atoms with Gasteiger partial charge in [-0.1, -0.05) is 38.1 Å². The van der Waals surface area contributed by atoms with Crippen LogP contribution in [0.15, 0.2) is 42.5 Å². The second-order valence-corrected chi connectivity index (χ2v) is 9.01. The van der Waals surface area contributed by atoms with Crippen molar-refractivity contribution < 1.29 is 17.9 Å². The SMILES string of the molecule is Cc1ccc2c(c1)N(S(C)(=O)=O)CC(C(=O)Nc1ccccc1C(C)C)O2. The third-order valence-electron chi connectivity index (χ3n) is 4.52. The number of rotatable bonds is 4. The molecule has 1 amide bonds. The lowest BCUT2D eigenvalue weighted by atomic mass is 10.0. The van der Waals surface area contributed by atoms with E-state index in [2.05, 4.69) is 5.32 Å². The van der Waals surface area contributed by atoms with Crippen LogP contribution in [0.25, 0.3) is 0 Å². The van der Waals surface area contributed by atoms with Crippen molar-refractivity contribution in [1.29, 1.82) is 0 Å². The molecule has 1 atom stereocenters. The third kappa shape index (κ3) is 4.08. The van der Waals surface area contributed by atoms with E-state index in [9.17, 15) is 13.2 Å². The number of ether oxygens (including phenoxy) is 1. The lowest BCUT2D eigenvalue weighted by molar-refractivity contribution is -0.122. The van der Waals surface area contributed by atoms with E-state index in [4.69, 9.17) is 4.74 Å². The van der Waals surface area contributed by atoms with Crippen molar-refractivity contribution in [3.63, 3.8) is 0 Å². The lowest BCUT2D eigenvalue weighted by Gasteiger charge is -2.34. The molecule has 0 aromatic heterocycles. The predicted molar refractivity (Wildman–Crippen MR) is 107 cm³/mol. The summed E-state index contributed by atoms with van der Waals surface area (Å²) in [5, 5.41) is 2.89. The van der Waals surface area contributed by atoms with E-state index in [1.807, 2.05) is 51.1 Å². The maximum Gasteiger partial charge on any atom is 0.267 e. The van der Waals surface area contributed by atoms with Crippen LogP contribution < -0.4 is 14.4 Å². The summed E-state index contributed by atoms with van der Waals surface area (Å²) >= 11 is 0. The van der Waals surface area contributed by atoms with Gasteiger partial charge in [-0.3, -0.25) is 9.10 Å². The first-order valence-electron chi connectivity index (χ1n) is 8.81. The van der Waals surface area contributed by atoms with Gasteiger partial charge in [-0.15, -0.1) is 0 Å². The summed E-state index contributed by atoms with van der Waals surface area (Å²) in [6, 6.07) is 12.8. The van der Waals surface area contributed by atoms with Crippen molar-refractivity contribution in [2.75, 3.05) is 22.4 Å². The van der Waals surface area contributed by atoms with Gasteiger partial charge in [0.2, 0.25) is 10.0 Å². The Balaban J connectivity index is 1.90. The molecule has 1 unspecified atom stereocenters. The number of sulfonamides is 1. The van der Waals surface area contributed by atoms with Crippen molar-refractivity contribution in [3.05, 3.63) is 53.6 Å². The molecule has 144 valence electrons. The Morgan fingerprint density at radius 1 is 1.22 bits per heavy atom. The zero-order valence-electron chi connectivity index (χ0n) is 15.9. The first kappa shape index (κ1) is 19.2. The number of hydrogen-bond donors (Lipinski definition) is 1. The molecule has 0 saturated carbocycles. The van der Waals surface area contributed by atoms with E-state index in [0.29, 0.717) is 17.1 Å². The highest BCUT2D eigenvalue weighted by Gasteiger charge is 2.35. The minimum atomic E-state index is -3.54. The number of amides is 1. The van der Waals surface area contributed by atoms with Gasteiger partial charge in [0.15, 0.2) is 6.10 Å². The number of anilines is 2. The van der Waals surface area contributed by atoms with Gasteiger partial charge in [0, 0.05) is 5.69 Å². The highest BCUT2D eigenvalue weighted by Crippen LogP contribution is 2.36. The first-order chi connectivity index (χ1) is 12.7. The molecule has 2 aromatic rings. The zero-order valence-corrected chi connectivity index (χ0v) is 16.7. The normalized spacial score (nSPS) is 16.6. The fraction of sp³-hybridized carbons (Fsp3) is 0.350. The van der Waals surface area contributed by atoms with Crippen molar-refractivity contribution in [3.8, 4) is 5.75 Å². The van der Waals surface area contributed by atoms with Crippen LogP contribution in [0, 0.1) is 6.92 Å². The average molecular weight is 388 g/mol. The Bertz CT molecular complexity index is 970. The van der Waals surface area contributed by atoms with E-state index < -0.39 is 16.1 Å². The maximum atomic E-state index is 12.8. The van der Waals surface area contributed by atoms with Crippen LogP contribution in [-0.2, 0) is 14.8 Å². The Labute approximate surface area is 160 Å². The molecule has 3 rings (SSSR count). The van der Waals surface area contributed by atoms with Crippen LogP contribution in [0.2, 0.25) is 0 Å². The van der Waals surface area contributed by atoms with Gasteiger partial charge in [0.25, 0.3) is 5.91 Å². The molecule has 27 heavy (non-hydrogen) atoms. The Hall–Kier alpha value is -2.54. The molecule has 0 spiro atoms. The van der Waals surface area contributed by atoms with Gasteiger partial charge in [-0.2, -0.15) is 0 Å². The van der Waals surface area contributed by atoms with E-state index in [-0.39, 0.29) is 18.4 Å². The van der Waals surface area contributed by atoms with Crippen LogP contribution in [-0.4, -0.2) is 33.2 Å². The average Bonchev–Trinajstić information content (AvgIpc) is 2.60. The summed E-state index contributed by atoms with van der Waals surface area (Å²) in [5.41, 5.74) is 3.10. The summed E-state index contributed by atoms with van der Waals surface area (Å²) in [6.45, 7) is 5.91. The first-order valence-corrected chi connectivity index (χ1v) is 10.7. The van der Waals surface area contributed by atoms with Gasteiger partial charge < -0.3 is 10.1 Å². The van der Waals surface area contributed by atoms with Gasteiger partial charge in [-0.25, -0.2) is 8.42 Å². The van der Waals surface area contributed by atoms with Crippen molar-refractivity contribution in [2.24, 2.45) is 0 Å². The molecule has 0 radical (unpaired) electrons. The van der Waals surface area contributed by atoms with Gasteiger partial charge in [0.1, 0.15) is 5.75 Å². The van der Waals surface area contributed by atoms with Crippen molar-refractivity contribution >= 4 is 27.3 Å². The molecule has 0 fully saturated rings. The summed E-state index contributed by atoms with van der Waals surface area (Å²) in [6.07, 6.45) is 0.197. The Kier molecular flexibility index (Phi) is 5.15. The number of carbonyl (C=O) groups excluding carboxylic acids is 1. The van der Waals surface area contributed by atoms with E-state index >= 15 is 0 Å². The second-order valence-electron chi connectivity index (χ2n) is 7.10. The van der Waals surface area contributed by atoms with Gasteiger partial charge in [-0.05, 0) is 42.2 Å². The van der Waals surface area contributed by atoms with Crippen LogP contribution in [0.3, 0.4) is 0 Å². The number of nitrogens with one attached hydrogen (secondary N) is 1. The molecule has 0 saturated heterocycles. The zero-order chi connectivity index (χ0) is 19.8. The topological polar surface area (TPSA) is 75.7 Å². The quantitative estimate of drug-likeness (QED) is 0.872. The molecule has 1 N–H and O–H groups in total. The third-order valence-corrected chi connectivity index (χ3v) is 5.66. The standard InChI is InChI=1S/C20H24N2O4S/c1-13(2)15-7-5-6-8-16(15)21-20(23)19-12-22(27(4,24)25)17-11-14(3)9-10-18(17)26-19/h5-11,13,19H,12H2,1-4H3,(H,21,23). The van der Waals surface area contributed by atoms with Crippen molar-refractivity contribution in [1.82, 2.24) is 0 Å². The number of nitrogens with zero attached hydrogens (tertiary/aromatic N) is 1. The Morgan fingerprint density at radius 3 is 2.59 bits per heavy atom. The number of carbonyl (C=O) groups is 1. The molecular weight excluding hydrogens is 364 g/mol. The largest absolute Gasteiger partial charge is 0.476 e. The Morgan fingerprint density at radius 2 is 1.93 bits per heavy atom. The smallest absolute Gasteiger partial charge is 0.267 e. The molecule has 1 aliphatic rings.